The SMILES string of the molecule is O=C(OCC(=O)N1CCN(S(=O)(=O)Cc2ccccc2)CC1)c1cc(=O)c2ccccc2o1. The monoisotopic (exact) mass is 470 g/mol. The van der Waals surface area contributed by atoms with Gasteiger partial charge in [-0.1, -0.05) is 42.5 Å². The molecule has 0 unspecified atom stereocenters. The molecule has 0 aliphatic carbocycles. The third kappa shape index (κ3) is 5.29. The average molecular weight is 471 g/mol. The summed E-state index contributed by atoms with van der Waals surface area (Å²) in [4.78, 5) is 38.3. The van der Waals surface area contributed by atoms with Gasteiger partial charge in [0, 0.05) is 32.2 Å². The van der Waals surface area contributed by atoms with Crippen molar-refractivity contribution in [2.75, 3.05) is 32.8 Å². The molecule has 3 aromatic rings. The smallest absolute Gasteiger partial charge is 0.374 e. The van der Waals surface area contributed by atoms with Gasteiger partial charge in [0.2, 0.25) is 15.8 Å². The Labute approximate surface area is 190 Å². The van der Waals surface area contributed by atoms with Crippen LogP contribution < -0.4 is 5.43 Å². The molecule has 2 heterocycles. The molecule has 172 valence electrons. The van der Waals surface area contributed by atoms with Crippen molar-refractivity contribution < 1.29 is 27.2 Å². The normalized spacial score (nSPS) is 14.8. The maximum Gasteiger partial charge on any atom is 0.374 e. The molecule has 2 aromatic carbocycles. The van der Waals surface area contributed by atoms with Crippen molar-refractivity contribution in [1.29, 1.82) is 0 Å². The summed E-state index contributed by atoms with van der Waals surface area (Å²) in [6.45, 7) is 0.167. The summed E-state index contributed by atoms with van der Waals surface area (Å²) >= 11 is 0. The zero-order valence-electron chi connectivity index (χ0n) is 17.7. The highest BCUT2D eigenvalue weighted by Crippen LogP contribution is 2.15. The predicted octanol–water partition coefficient (Wildman–Crippen LogP) is 1.62. The number of hydrogen-bond acceptors (Lipinski definition) is 7. The van der Waals surface area contributed by atoms with Crippen LogP contribution in [-0.4, -0.2) is 62.3 Å². The second kappa shape index (κ2) is 9.55. The Morgan fingerprint density at radius 1 is 0.939 bits per heavy atom. The van der Waals surface area contributed by atoms with Gasteiger partial charge in [-0.3, -0.25) is 9.59 Å². The maximum absolute atomic E-state index is 12.6. The fourth-order valence-electron chi connectivity index (χ4n) is 3.59. The Kier molecular flexibility index (Phi) is 6.57. The van der Waals surface area contributed by atoms with Gasteiger partial charge in [-0.2, -0.15) is 4.31 Å². The topological polar surface area (TPSA) is 114 Å². The van der Waals surface area contributed by atoms with E-state index in [2.05, 4.69) is 0 Å². The van der Waals surface area contributed by atoms with E-state index in [0.717, 1.165) is 6.07 Å². The minimum Gasteiger partial charge on any atom is -0.450 e. The number of fused-ring (bicyclic) bond motifs is 1. The Morgan fingerprint density at radius 2 is 1.61 bits per heavy atom. The van der Waals surface area contributed by atoms with Gasteiger partial charge in [0.25, 0.3) is 5.91 Å². The fourth-order valence-corrected chi connectivity index (χ4v) is 5.10. The molecule has 9 nitrogen and oxygen atoms in total. The summed E-state index contributed by atoms with van der Waals surface area (Å²) in [6.07, 6.45) is 0. The molecule has 1 saturated heterocycles. The zero-order valence-corrected chi connectivity index (χ0v) is 18.5. The third-order valence-corrected chi connectivity index (χ3v) is 7.19. The van der Waals surface area contributed by atoms with Gasteiger partial charge >= 0.3 is 5.97 Å². The Balaban J connectivity index is 1.30. The maximum atomic E-state index is 12.6. The lowest BCUT2D eigenvalue weighted by atomic mass is 10.2. The molecule has 0 N–H and O–H groups in total. The van der Waals surface area contributed by atoms with E-state index in [1.54, 1.807) is 48.5 Å². The minimum absolute atomic E-state index is 0.101. The fraction of sp³-hybridized carbons (Fsp3) is 0.261. The van der Waals surface area contributed by atoms with Crippen LogP contribution in [0, 0.1) is 0 Å². The van der Waals surface area contributed by atoms with Crippen molar-refractivity contribution in [1.82, 2.24) is 9.21 Å². The Morgan fingerprint density at radius 3 is 2.33 bits per heavy atom. The van der Waals surface area contributed by atoms with Crippen LogP contribution in [-0.2, 0) is 25.3 Å². The summed E-state index contributed by atoms with van der Waals surface area (Å²) < 4.78 is 37.1. The standard InChI is InChI=1S/C23H22N2O7S/c26-19-14-21(32-20-9-5-4-8-18(19)20)23(28)31-15-22(27)24-10-12-25(13-11-24)33(29,30)16-17-6-2-1-3-7-17/h1-9,14H,10-13,15-16H2. The van der Waals surface area contributed by atoms with E-state index in [1.165, 1.54) is 9.21 Å². The van der Waals surface area contributed by atoms with Crippen LogP contribution in [0.25, 0.3) is 11.0 Å². The number of piperazine rings is 1. The number of esters is 1. The number of carbonyl (C=O) groups is 2. The van der Waals surface area contributed by atoms with Gasteiger partial charge in [0.05, 0.1) is 11.1 Å². The summed E-state index contributed by atoms with van der Waals surface area (Å²) in [5, 5.41) is 0.338. The summed E-state index contributed by atoms with van der Waals surface area (Å²) in [5.41, 5.74) is 0.558. The van der Waals surface area contributed by atoms with Crippen LogP contribution in [0.15, 0.2) is 69.9 Å². The first kappa shape index (κ1) is 22.7. The van der Waals surface area contributed by atoms with Crippen molar-refractivity contribution in [3.63, 3.8) is 0 Å². The average Bonchev–Trinajstić information content (AvgIpc) is 2.82. The zero-order chi connectivity index (χ0) is 23.4. The van der Waals surface area contributed by atoms with Crippen molar-refractivity contribution in [3.8, 4) is 0 Å². The molecule has 33 heavy (non-hydrogen) atoms. The summed E-state index contributed by atoms with van der Waals surface area (Å²) in [5.74, 6) is -1.76. The molecule has 10 heteroatoms. The highest BCUT2D eigenvalue weighted by Gasteiger charge is 2.29. The number of para-hydroxylation sites is 1. The largest absolute Gasteiger partial charge is 0.450 e. The van der Waals surface area contributed by atoms with Gasteiger partial charge in [-0.15, -0.1) is 0 Å². The first-order valence-corrected chi connectivity index (χ1v) is 11.9. The minimum atomic E-state index is -3.50. The van der Waals surface area contributed by atoms with Crippen LogP contribution in [0.3, 0.4) is 0 Å². The molecule has 0 spiro atoms. The van der Waals surface area contributed by atoms with Crippen LogP contribution >= 0.6 is 0 Å². The number of hydrogen-bond donors (Lipinski definition) is 0. The third-order valence-electron chi connectivity index (χ3n) is 5.34. The van der Waals surface area contributed by atoms with Gasteiger partial charge < -0.3 is 14.1 Å². The second-order valence-corrected chi connectivity index (χ2v) is 9.54. The number of ether oxygens (including phenoxy) is 1. The lowest BCUT2D eigenvalue weighted by Gasteiger charge is -2.33. The Hall–Kier alpha value is -3.50. The van der Waals surface area contributed by atoms with E-state index in [9.17, 15) is 22.8 Å². The van der Waals surface area contributed by atoms with Gasteiger partial charge in [0.1, 0.15) is 5.58 Å². The van der Waals surface area contributed by atoms with Crippen molar-refractivity contribution in [2.24, 2.45) is 0 Å². The summed E-state index contributed by atoms with van der Waals surface area (Å²) in [7, 11) is -3.50. The first-order chi connectivity index (χ1) is 15.8. The first-order valence-electron chi connectivity index (χ1n) is 10.3. The second-order valence-electron chi connectivity index (χ2n) is 7.57. The van der Waals surface area contributed by atoms with Gasteiger partial charge in [-0.05, 0) is 17.7 Å². The lowest BCUT2D eigenvalue weighted by molar-refractivity contribution is -0.135. The molecule has 1 fully saturated rings. The number of nitrogens with zero attached hydrogens (tertiary/aromatic N) is 2. The molecule has 0 radical (unpaired) electrons. The highest BCUT2D eigenvalue weighted by molar-refractivity contribution is 7.88. The molecule has 1 aromatic heterocycles. The van der Waals surface area contributed by atoms with Crippen molar-refractivity contribution >= 4 is 32.9 Å². The molecule has 1 aliphatic rings. The number of sulfonamides is 1. The number of benzene rings is 2. The summed E-state index contributed by atoms with van der Waals surface area (Å²) in [6, 6.07) is 16.4. The quantitative estimate of drug-likeness (QED) is 0.503. The molecule has 4 rings (SSSR count). The molecule has 0 saturated carbocycles. The van der Waals surface area contributed by atoms with Crippen molar-refractivity contribution in [2.45, 2.75) is 5.75 Å². The lowest BCUT2D eigenvalue weighted by Crippen LogP contribution is -2.51. The van der Waals surface area contributed by atoms with Crippen LogP contribution in [0.2, 0.25) is 0 Å². The molecule has 1 aliphatic heterocycles. The van der Waals surface area contributed by atoms with E-state index in [1.807, 2.05) is 6.07 Å². The Bertz CT molecular complexity index is 1330. The van der Waals surface area contributed by atoms with Gasteiger partial charge in [0.15, 0.2) is 12.0 Å². The molecular formula is C23H22N2O7S. The van der Waals surface area contributed by atoms with Crippen LogP contribution in [0.1, 0.15) is 16.1 Å². The number of amides is 1. The van der Waals surface area contributed by atoms with E-state index in [0.29, 0.717) is 10.9 Å². The van der Waals surface area contributed by atoms with E-state index in [4.69, 9.17) is 9.15 Å². The van der Waals surface area contributed by atoms with E-state index in [-0.39, 0.29) is 48.7 Å². The van der Waals surface area contributed by atoms with Gasteiger partial charge in [-0.25, -0.2) is 13.2 Å². The van der Waals surface area contributed by atoms with Crippen molar-refractivity contribution in [3.05, 3.63) is 82.2 Å². The van der Waals surface area contributed by atoms with Crippen LogP contribution in [0.4, 0.5) is 0 Å². The molecule has 0 atom stereocenters. The predicted molar refractivity (Wildman–Crippen MR) is 120 cm³/mol. The highest BCUT2D eigenvalue weighted by atomic mass is 32.2. The van der Waals surface area contributed by atoms with Crippen LogP contribution in [0.5, 0.6) is 0 Å². The van der Waals surface area contributed by atoms with E-state index >= 15 is 0 Å². The molecule has 0 bridgehead atoms. The van der Waals surface area contributed by atoms with E-state index < -0.39 is 28.5 Å². The molecular weight excluding hydrogens is 448 g/mol. The molecule has 1 amide bonds. The number of rotatable bonds is 6. The number of carbonyl (C=O) groups excluding carboxylic acids is 2.